The fourth-order valence-corrected chi connectivity index (χ4v) is 1.66. The summed E-state index contributed by atoms with van der Waals surface area (Å²) in [5.74, 6) is -0.437. The number of hydrogen-bond donors (Lipinski definition) is 2. The molecule has 0 aliphatic heterocycles. The second kappa shape index (κ2) is 8.41. The maximum atomic E-state index is 12.5. The first-order valence-corrected chi connectivity index (χ1v) is 6.66. The summed E-state index contributed by atoms with van der Waals surface area (Å²) >= 11 is 0. The zero-order chi connectivity index (χ0) is 15.8. The largest absolute Gasteiger partial charge is 0.490 e. The highest BCUT2D eigenvalue weighted by atomic mass is 19.3. The minimum Gasteiger partial charge on any atom is -0.490 e. The van der Waals surface area contributed by atoms with E-state index in [1.807, 2.05) is 0 Å². The number of carbonyl (C=O) groups excluding carboxylic acids is 1. The number of rotatable bonds is 8. The Balaban J connectivity index is 2.89. The molecule has 0 saturated heterocycles. The van der Waals surface area contributed by atoms with Crippen molar-refractivity contribution in [1.82, 2.24) is 5.32 Å². The molecule has 0 heterocycles. The Morgan fingerprint density at radius 1 is 1.43 bits per heavy atom. The van der Waals surface area contributed by atoms with Crippen LogP contribution in [0.15, 0.2) is 18.2 Å². The van der Waals surface area contributed by atoms with E-state index in [-0.39, 0.29) is 36.4 Å². The normalized spacial score (nSPS) is 12.1. The Labute approximate surface area is 122 Å². The summed E-state index contributed by atoms with van der Waals surface area (Å²) in [6.45, 7) is 1.05. The first kappa shape index (κ1) is 17.2. The molecule has 1 amide bonds. The number of amides is 1. The molecule has 21 heavy (non-hydrogen) atoms. The molecule has 0 aliphatic rings. The Morgan fingerprint density at radius 3 is 2.71 bits per heavy atom. The standard InChI is InChI=1S/C14H20F2N2O3/c1-3-20-11-6-4-5-10(12(11)21-14(15)16)8-18-13(19)9(2)7-17/h4-6,9,14H,3,7-8,17H2,1-2H3,(H,18,19). The molecule has 1 rings (SSSR count). The molecule has 0 aliphatic carbocycles. The molecule has 1 aromatic rings. The Hall–Kier alpha value is -1.89. The van der Waals surface area contributed by atoms with Crippen molar-refractivity contribution < 1.29 is 23.0 Å². The third kappa shape index (κ3) is 5.18. The van der Waals surface area contributed by atoms with Gasteiger partial charge in [-0.25, -0.2) is 0 Å². The molecule has 0 aromatic heterocycles. The average molecular weight is 302 g/mol. The highest BCUT2D eigenvalue weighted by molar-refractivity contribution is 5.78. The van der Waals surface area contributed by atoms with E-state index in [0.717, 1.165) is 0 Å². The zero-order valence-electron chi connectivity index (χ0n) is 12.1. The predicted octanol–water partition coefficient (Wildman–Crippen LogP) is 1.90. The van der Waals surface area contributed by atoms with Crippen LogP contribution in [0.1, 0.15) is 19.4 Å². The van der Waals surface area contributed by atoms with E-state index in [4.69, 9.17) is 10.5 Å². The lowest BCUT2D eigenvalue weighted by atomic mass is 10.1. The molecule has 0 radical (unpaired) electrons. The highest BCUT2D eigenvalue weighted by Crippen LogP contribution is 2.32. The van der Waals surface area contributed by atoms with E-state index in [9.17, 15) is 13.6 Å². The van der Waals surface area contributed by atoms with Crippen LogP contribution in [-0.2, 0) is 11.3 Å². The zero-order valence-corrected chi connectivity index (χ0v) is 12.1. The fraction of sp³-hybridized carbons (Fsp3) is 0.500. The summed E-state index contributed by atoms with van der Waals surface area (Å²) in [7, 11) is 0. The van der Waals surface area contributed by atoms with Gasteiger partial charge in [-0.3, -0.25) is 4.79 Å². The van der Waals surface area contributed by atoms with Gasteiger partial charge < -0.3 is 20.5 Å². The molecular weight excluding hydrogens is 282 g/mol. The van der Waals surface area contributed by atoms with Crippen molar-refractivity contribution in [3.8, 4) is 11.5 Å². The van der Waals surface area contributed by atoms with Crippen molar-refractivity contribution in [2.75, 3.05) is 13.2 Å². The second-order valence-electron chi connectivity index (χ2n) is 4.41. The molecule has 0 fully saturated rings. The minimum absolute atomic E-state index is 0.0601. The lowest BCUT2D eigenvalue weighted by Crippen LogP contribution is -2.32. The quantitative estimate of drug-likeness (QED) is 0.769. The van der Waals surface area contributed by atoms with Gasteiger partial charge in [-0.1, -0.05) is 19.1 Å². The molecule has 3 N–H and O–H groups in total. The number of ether oxygens (including phenoxy) is 2. The SMILES string of the molecule is CCOc1cccc(CNC(=O)C(C)CN)c1OC(F)F. The van der Waals surface area contributed by atoms with Crippen molar-refractivity contribution in [2.24, 2.45) is 11.7 Å². The molecular formula is C14H20F2N2O3. The van der Waals surface area contributed by atoms with Gasteiger partial charge in [0.2, 0.25) is 5.91 Å². The van der Waals surface area contributed by atoms with Crippen molar-refractivity contribution >= 4 is 5.91 Å². The lowest BCUT2D eigenvalue weighted by molar-refractivity contribution is -0.124. The molecule has 7 heteroatoms. The number of alkyl halides is 2. The van der Waals surface area contributed by atoms with Gasteiger partial charge in [-0.15, -0.1) is 0 Å². The van der Waals surface area contributed by atoms with Gasteiger partial charge in [-0.05, 0) is 13.0 Å². The van der Waals surface area contributed by atoms with Crippen LogP contribution in [0.25, 0.3) is 0 Å². The number of para-hydroxylation sites is 1. The number of nitrogens with one attached hydrogen (secondary N) is 1. The molecule has 1 unspecified atom stereocenters. The van der Waals surface area contributed by atoms with Gasteiger partial charge in [0.05, 0.1) is 6.61 Å². The van der Waals surface area contributed by atoms with E-state index in [2.05, 4.69) is 10.1 Å². The van der Waals surface area contributed by atoms with Gasteiger partial charge in [0.1, 0.15) is 0 Å². The van der Waals surface area contributed by atoms with Gasteiger partial charge in [0, 0.05) is 24.6 Å². The highest BCUT2D eigenvalue weighted by Gasteiger charge is 2.17. The molecule has 118 valence electrons. The molecule has 1 atom stereocenters. The molecule has 0 bridgehead atoms. The maximum Gasteiger partial charge on any atom is 0.387 e. The van der Waals surface area contributed by atoms with Crippen LogP contribution in [0, 0.1) is 5.92 Å². The van der Waals surface area contributed by atoms with Crippen molar-refractivity contribution in [1.29, 1.82) is 0 Å². The summed E-state index contributed by atoms with van der Waals surface area (Å²) in [6.07, 6.45) is 0. The lowest BCUT2D eigenvalue weighted by Gasteiger charge is -2.16. The summed E-state index contributed by atoms with van der Waals surface area (Å²) in [5.41, 5.74) is 5.81. The van der Waals surface area contributed by atoms with Gasteiger partial charge in [-0.2, -0.15) is 8.78 Å². The van der Waals surface area contributed by atoms with Gasteiger partial charge in [0.15, 0.2) is 11.5 Å². The van der Waals surface area contributed by atoms with Crippen LogP contribution in [0.4, 0.5) is 8.78 Å². The van der Waals surface area contributed by atoms with E-state index in [1.54, 1.807) is 26.0 Å². The Kier molecular flexibility index (Phi) is 6.87. The van der Waals surface area contributed by atoms with Crippen molar-refractivity contribution in [3.05, 3.63) is 23.8 Å². The van der Waals surface area contributed by atoms with Gasteiger partial charge >= 0.3 is 6.61 Å². The second-order valence-corrected chi connectivity index (χ2v) is 4.41. The third-order valence-corrected chi connectivity index (χ3v) is 2.82. The fourth-order valence-electron chi connectivity index (χ4n) is 1.66. The minimum atomic E-state index is -2.97. The van der Waals surface area contributed by atoms with Crippen LogP contribution in [0.5, 0.6) is 11.5 Å². The number of halogens is 2. The van der Waals surface area contributed by atoms with Gasteiger partial charge in [0.25, 0.3) is 0 Å². The predicted molar refractivity (Wildman–Crippen MR) is 74.3 cm³/mol. The summed E-state index contributed by atoms with van der Waals surface area (Å²) < 4.78 is 34.8. The summed E-state index contributed by atoms with van der Waals surface area (Å²) in [5, 5.41) is 2.63. The number of hydrogen-bond acceptors (Lipinski definition) is 4. The van der Waals surface area contributed by atoms with Crippen molar-refractivity contribution in [2.45, 2.75) is 27.0 Å². The van der Waals surface area contributed by atoms with Crippen molar-refractivity contribution in [3.63, 3.8) is 0 Å². The maximum absolute atomic E-state index is 12.5. The topological polar surface area (TPSA) is 73.6 Å². The first-order valence-electron chi connectivity index (χ1n) is 6.66. The van der Waals surface area contributed by atoms with E-state index >= 15 is 0 Å². The summed E-state index contributed by atoms with van der Waals surface area (Å²) in [6, 6.07) is 4.78. The monoisotopic (exact) mass is 302 g/mol. The smallest absolute Gasteiger partial charge is 0.387 e. The first-order chi connectivity index (χ1) is 9.99. The third-order valence-electron chi connectivity index (χ3n) is 2.82. The van der Waals surface area contributed by atoms with E-state index in [1.165, 1.54) is 6.07 Å². The van der Waals surface area contributed by atoms with E-state index < -0.39 is 6.61 Å². The molecule has 1 aromatic carbocycles. The number of benzene rings is 1. The van der Waals surface area contributed by atoms with Crippen LogP contribution in [0.3, 0.4) is 0 Å². The van der Waals surface area contributed by atoms with E-state index in [0.29, 0.717) is 12.2 Å². The molecule has 0 saturated carbocycles. The Morgan fingerprint density at radius 2 is 2.14 bits per heavy atom. The molecule has 0 spiro atoms. The van der Waals surface area contributed by atoms with Crippen LogP contribution in [0.2, 0.25) is 0 Å². The average Bonchev–Trinajstić information content (AvgIpc) is 2.46. The van der Waals surface area contributed by atoms with Crippen LogP contribution in [-0.4, -0.2) is 25.7 Å². The number of carbonyl (C=O) groups is 1. The van der Waals surface area contributed by atoms with Crippen LogP contribution >= 0.6 is 0 Å². The molecule has 5 nitrogen and oxygen atoms in total. The van der Waals surface area contributed by atoms with Crippen LogP contribution < -0.4 is 20.5 Å². The Bertz CT molecular complexity index is 470. The summed E-state index contributed by atoms with van der Waals surface area (Å²) in [4.78, 5) is 11.7. The number of nitrogens with two attached hydrogens (primary N) is 1.